The summed E-state index contributed by atoms with van der Waals surface area (Å²) in [5.74, 6) is 0.537. The molecule has 142 valence electrons. The monoisotopic (exact) mass is 368 g/mol. The first-order chi connectivity index (χ1) is 12.8. The summed E-state index contributed by atoms with van der Waals surface area (Å²) in [6, 6.07) is 9.75. The molecule has 0 aliphatic heterocycles. The van der Waals surface area contributed by atoms with E-state index in [1.165, 1.54) is 12.1 Å². The van der Waals surface area contributed by atoms with Crippen LogP contribution in [0, 0.1) is 18.7 Å². The number of aryl methyl sites for hydroxylation is 2. The number of halogens is 1. The van der Waals surface area contributed by atoms with Gasteiger partial charge in [-0.25, -0.2) is 9.37 Å². The van der Waals surface area contributed by atoms with Gasteiger partial charge in [-0.1, -0.05) is 26.0 Å². The first-order valence-corrected chi connectivity index (χ1v) is 9.05. The molecule has 27 heavy (non-hydrogen) atoms. The topological polar surface area (TPSA) is 72.9 Å². The van der Waals surface area contributed by atoms with Gasteiger partial charge < -0.3 is 15.6 Å². The van der Waals surface area contributed by atoms with Gasteiger partial charge in [0.2, 0.25) is 5.91 Å². The molecule has 0 fully saturated rings. The van der Waals surface area contributed by atoms with E-state index in [-0.39, 0.29) is 11.7 Å². The van der Waals surface area contributed by atoms with Gasteiger partial charge in [-0.05, 0) is 43.0 Å². The zero-order chi connectivity index (χ0) is 19.7. The quantitative estimate of drug-likeness (QED) is 0.715. The number of carbonyl (C=O) groups is 1. The van der Waals surface area contributed by atoms with Crippen molar-refractivity contribution in [1.82, 2.24) is 9.55 Å². The second kappa shape index (κ2) is 7.48. The van der Waals surface area contributed by atoms with Crippen molar-refractivity contribution in [2.45, 2.75) is 33.2 Å². The largest absolute Gasteiger partial charge is 0.327 e. The van der Waals surface area contributed by atoms with Gasteiger partial charge in [0.1, 0.15) is 11.6 Å². The van der Waals surface area contributed by atoms with Crippen molar-refractivity contribution in [3.63, 3.8) is 0 Å². The van der Waals surface area contributed by atoms with Crippen LogP contribution in [0.2, 0.25) is 0 Å². The molecule has 0 saturated heterocycles. The number of hydrogen-bond donors (Lipinski definition) is 2. The predicted octanol–water partition coefficient (Wildman–Crippen LogP) is 4.00. The van der Waals surface area contributed by atoms with E-state index in [9.17, 15) is 9.18 Å². The molecule has 0 radical (unpaired) electrons. The highest BCUT2D eigenvalue weighted by Gasteiger charge is 2.17. The summed E-state index contributed by atoms with van der Waals surface area (Å²) in [5, 5.41) is 2.93. The zero-order valence-corrected chi connectivity index (χ0v) is 16.1. The van der Waals surface area contributed by atoms with Crippen LogP contribution < -0.4 is 11.1 Å². The van der Waals surface area contributed by atoms with Crippen LogP contribution in [0.1, 0.15) is 25.8 Å². The second-order valence-electron chi connectivity index (χ2n) is 7.38. The molecule has 0 bridgehead atoms. The van der Waals surface area contributed by atoms with E-state index >= 15 is 0 Å². The van der Waals surface area contributed by atoms with Crippen molar-refractivity contribution < 1.29 is 9.18 Å². The predicted molar refractivity (Wildman–Crippen MR) is 107 cm³/mol. The van der Waals surface area contributed by atoms with Crippen LogP contribution in [-0.2, 0) is 11.8 Å². The lowest BCUT2D eigenvalue weighted by atomic mass is 10.0. The van der Waals surface area contributed by atoms with E-state index < -0.39 is 6.04 Å². The zero-order valence-electron chi connectivity index (χ0n) is 16.1. The molecular formula is C21H25FN4O. The first-order valence-electron chi connectivity index (χ1n) is 9.05. The van der Waals surface area contributed by atoms with Gasteiger partial charge in [-0.2, -0.15) is 0 Å². The van der Waals surface area contributed by atoms with E-state index in [4.69, 9.17) is 5.73 Å². The molecule has 3 rings (SSSR count). The number of amides is 1. The number of imidazole rings is 1. The summed E-state index contributed by atoms with van der Waals surface area (Å²) in [6.07, 6.45) is 0.626. The van der Waals surface area contributed by atoms with Gasteiger partial charge in [-0.15, -0.1) is 0 Å². The standard InChI is InChI=1S/C21H25FN4O/c1-12(2)9-16(23)21(27)25-17-10-14(6-5-13(17)3)20-24-18-11-15(22)7-8-19(18)26(20)4/h5-8,10-12,16H,9,23H2,1-4H3,(H,25,27)/t16-/m0/s1. The third kappa shape index (κ3) is 4.01. The van der Waals surface area contributed by atoms with E-state index in [0.29, 0.717) is 29.4 Å². The first kappa shape index (κ1) is 19.0. The maximum Gasteiger partial charge on any atom is 0.241 e. The number of hydrogen-bond acceptors (Lipinski definition) is 3. The molecule has 0 saturated carbocycles. The van der Waals surface area contributed by atoms with Crippen molar-refractivity contribution in [2.75, 3.05) is 5.32 Å². The Labute approximate surface area is 158 Å². The lowest BCUT2D eigenvalue weighted by Crippen LogP contribution is -2.36. The van der Waals surface area contributed by atoms with Gasteiger partial charge in [0, 0.05) is 24.4 Å². The molecule has 0 unspecified atom stereocenters. The van der Waals surface area contributed by atoms with Crippen LogP contribution in [0.25, 0.3) is 22.4 Å². The van der Waals surface area contributed by atoms with Crippen molar-refractivity contribution in [1.29, 1.82) is 0 Å². The van der Waals surface area contributed by atoms with Gasteiger partial charge in [-0.3, -0.25) is 4.79 Å². The number of anilines is 1. The molecule has 3 N–H and O–H groups in total. The Morgan fingerprint density at radius 1 is 1.26 bits per heavy atom. The molecule has 2 aromatic carbocycles. The van der Waals surface area contributed by atoms with Crippen molar-refractivity contribution in [2.24, 2.45) is 18.7 Å². The second-order valence-corrected chi connectivity index (χ2v) is 7.38. The smallest absolute Gasteiger partial charge is 0.241 e. The molecule has 0 aliphatic carbocycles. The van der Waals surface area contributed by atoms with E-state index in [0.717, 1.165) is 16.6 Å². The normalized spacial score (nSPS) is 12.6. The fourth-order valence-electron chi connectivity index (χ4n) is 3.17. The molecule has 1 aromatic heterocycles. The van der Waals surface area contributed by atoms with Gasteiger partial charge in [0.05, 0.1) is 17.1 Å². The van der Waals surface area contributed by atoms with Crippen LogP contribution in [0.15, 0.2) is 36.4 Å². The molecule has 0 spiro atoms. The fourth-order valence-corrected chi connectivity index (χ4v) is 3.17. The minimum atomic E-state index is -0.549. The fraction of sp³-hybridized carbons (Fsp3) is 0.333. The number of fused-ring (bicyclic) bond motifs is 1. The van der Waals surface area contributed by atoms with E-state index in [2.05, 4.69) is 10.3 Å². The highest BCUT2D eigenvalue weighted by Crippen LogP contribution is 2.28. The van der Waals surface area contributed by atoms with E-state index in [1.54, 1.807) is 6.07 Å². The Kier molecular flexibility index (Phi) is 5.28. The lowest BCUT2D eigenvalue weighted by Gasteiger charge is -2.16. The van der Waals surface area contributed by atoms with Crippen LogP contribution in [-0.4, -0.2) is 21.5 Å². The Hall–Kier alpha value is -2.73. The number of rotatable bonds is 5. The summed E-state index contributed by atoms with van der Waals surface area (Å²) < 4.78 is 15.4. The minimum absolute atomic E-state index is 0.198. The molecule has 3 aromatic rings. The Balaban J connectivity index is 1.94. The summed E-state index contributed by atoms with van der Waals surface area (Å²) in [6.45, 7) is 6.00. The van der Waals surface area contributed by atoms with Crippen molar-refractivity contribution in [3.8, 4) is 11.4 Å². The molecule has 6 heteroatoms. The third-order valence-electron chi connectivity index (χ3n) is 4.66. The average Bonchev–Trinajstić information content (AvgIpc) is 2.92. The highest BCUT2D eigenvalue weighted by atomic mass is 19.1. The van der Waals surface area contributed by atoms with Crippen LogP contribution in [0.4, 0.5) is 10.1 Å². The Bertz CT molecular complexity index is 993. The Morgan fingerprint density at radius 2 is 2.00 bits per heavy atom. The summed E-state index contributed by atoms with van der Waals surface area (Å²) in [7, 11) is 1.89. The maximum absolute atomic E-state index is 13.5. The highest BCUT2D eigenvalue weighted by molar-refractivity contribution is 5.96. The molecule has 1 heterocycles. The van der Waals surface area contributed by atoms with Gasteiger partial charge >= 0.3 is 0 Å². The number of nitrogens with two attached hydrogens (primary N) is 1. The summed E-state index contributed by atoms with van der Waals surface area (Å²) in [5.41, 5.74) is 9.91. The average molecular weight is 368 g/mol. The summed E-state index contributed by atoms with van der Waals surface area (Å²) in [4.78, 5) is 16.9. The Morgan fingerprint density at radius 3 is 2.70 bits per heavy atom. The lowest BCUT2D eigenvalue weighted by molar-refractivity contribution is -0.117. The van der Waals surface area contributed by atoms with Crippen LogP contribution in [0.5, 0.6) is 0 Å². The molecule has 1 amide bonds. The minimum Gasteiger partial charge on any atom is -0.327 e. The van der Waals surface area contributed by atoms with Crippen molar-refractivity contribution in [3.05, 3.63) is 47.8 Å². The molecule has 5 nitrogen and oxygen atoms in total. The van der Waals surface area contributed by atoms with Crippen LogP contribution in [0.3, 0.4) is 0 Å². The van der Waals surface area contributed by atoms with Crippen LogP contribution >= 0.6 is 0 Å². The molecular weight excluding hydrogens is 343 g/mol. The summed E-state index contributed by atoms with van der Waals surface area (Å²) >= 11 is 0. The van der Waals surface area contributed by atoms with Gasteiger partial charge in [0.15, 0.2) is 0 Å². The molecule has 1 atom stereocenters. The number of nitrogens with zero attached hydrogens (tertiary/aromatic N) is 2. The van der Waals surface area contributed by atoms with Crippen molar-refractivity contribution >= 4 is 22.6 Å². The SMILES string of the molecule is Cc1ccc(-c2nc3cc(F)ccc3n2C)cc1NC(=O)[C@@H](N)CC(C)C. The molecule has 0 aliphatic rings. The third-order valence-corrected chi connectivity index (χ3v) is 4.66. The number of carbonyl (C=O) groups excluding carboxylic acids is 1. The van der Waals surface area contributed by atoms with Gasteiger partial charge in [0.25, 0.3) is 0 Å². The number of aromatic nitrogens is 2. The van der Waals surface area contributed by atoms with E-state index in [1.807, 2.05) is 50.6 Å². The maximum atomic E-state index is 13.5. The number of benzene rings is 2. The number of nitrogens with one attached hydrogen (secondary N) is 1.